The molecule has 4 heteroatoms. The monoisotopic (exact) mass is 152 g/mol. The van der Waals surface area contributed by atoms with Gasteiger partial charge in [-0.2, -0.15) is 0 Å². The summed E-state index contributed by atoms with van der Waals surface area (Å²) in [5, 5.41) is 0. The maximum Gasteiger partial charge on any atom is 0.265 e. The molecule has 0 atom stereocenters. The largest absolute Gasteiger partial charge is 0.364 e. The van der Waals surface area contributed by atoms with Crippen molar-refractivity contribution in [3.8, 4) is 0 Å². The van der Waals surface area contributed by atoms with Gasteiger partial charge < -0.3 is 10.7 Å². The zero-order valence-corrected chi connectivity index (χ0v) is 6.05. The minimum Gasteiger partial charge on any atom is -0.364 e. The number of aryl methyl sites for hydroxylation is 1. The van der Waals surface area contributed by atoms with Crippen LogP contribution in [0.5, 0.6) is 0 Å². The Morgan fingerprint density at radius 3 is 2.64 bits per heavy atom. The second-order valence-corrected chi connectivity index (χ2v) is 2.24. The Morgan fingerprint density at radius 2 is 2.18 bits per heavy atom. The van der Waals surface area contributed by atoms with E-state index in [1.807, 2.05) is 0 Å². The van der Waals surface area contributed by atoms with E-state index in [-0.39, 0.29) is 11.3 Å². The summed E-state index contributed by atoms with van der Waals surface area (Å²) in [7, 11) is 0. The van der Waals surface area contributed by atoms with Crippen molar-refractivity contribution in [2.75, 3.05) is 0 Å². The molecule has 0 saturated carbocycles. The molecule has 11 heavy (non-hydrogen) atoms. The maximum absolute atomic E-state index is 10.7. The number of aromatic nitrogens is 1. The van der Waals surface area contributed by atoms with E-state index in [0.29, 0.717) is 5.56 Å². The maximum atomic E-state index is 10.7. The number of hydrogen-bond donors (Lipinski definition) is 2. The molecule has 1 aromatic rings. The summed E-state index contributed by atoms with van der Waals surface area (Å²) in [6.07, 6.45) is 0. The van der Waals surface area contributed by atoms with Crippen molar-refractivity contribution in [3.63, 3.8) is 0 Å². The Kier molecular flexibility index (Phi) is 1.76. The first-order valence-electron chi connectivity index (χ1n) is 3.11. The molecule has 4 nitrogen and oxygen atoms in total. The van der Waals surface area contributed by atoms with E-state index in [2.05, 4.69) is 4.98 Å². The molecule has 0 radical (unpaired) electrons. The van der Waals surface area contributed by atoms with Gasteiger partial charge in [0.2, 0.25) is 5.56 Å². The molecule has 0 aliphatic rings. The molecular formula is C7H8N2O2. The number of nitrogens with two attached hydrogens (primary N) is 1. The molecule has 0 aliphatic carbocycles. The lowest BCUT2D eigenvalue weighted by Gasteiger charge is -1.97. The summed E-state index contributed by atoms with van der Waals surface area (Å²) in [5.74, 6) is -0.611. The Bertz CT molecular complexity index is 341. The molecule has 3 N–H and O–H groups in total. The Balaban J connectivity index is 3.35. The van der Waals surface area contributed by atoms with Gasteiger partial charge in [0.1, 0.15) is 5.69 Å². The van der Waals surface area contributed by atoms with Gasteiger partial charge in [-0.05, 0) is 12.5 Å². The summed E-state index contributed by atoms with van der Waals surface area (Å²) in [4.78, 5) is 23.7. The second-order valence-electron chi connectivity index (χ2n) is 2.24. The minimum atomic E-state index is -0.611. The number of primary amides is 1. The molecule has 1 aromatic heterocycles. The van der Waals surface area contributed by atoms with Gasteiger partial charge in [-0.25, -0.2) is 0 Å². The third-order valence-electron chi connectivity index (χ3n) is 1.37. The first kappa shape index (κ1) is 7.53. The van der Waals surface area contributed by atoms with Crippen LogP contribution in [0, 0.1) is 6.92 Å². The first-order chi connectivity index (χ1) is 5.11. The van der Waals surface area contributed by atoms with Crippen LogP contribution in [0.4, 0.5) is 0 Å². The summed E-state index contributed by atoms with van der Waals surface area (Å²) in [5.41, 5.74) is 5.52. The number of nitrogens with one attached hydrogen (secondary N) is 1. The van der Waals surface area contributed by atoms with Crippen molar-refractivity contribution in [1.29, 1.82) is 0 Å². The highest BCUT2D eigenvalue weighted by atomic mass is 16.1. The van der Waals surface area contributed by atoms with Crippen LogP contribution in [0.3, 0.4) is 0 Å². The van der Waals surface area contributed by atoms with Crippen molar-refractivity contribution >= 4 is 5.91 Å². The fourth-order valence-corrected chi connectivity index (χ4v) is 0.803. The Morgan fingerprint density at radius 1 is 1.55 bits per heavy atom. The van der Waals surface area contributed by atoms with E-state index in [1.54, 1.807) is 13.0 Å². The van der Waals surface area contributed by atoms with Gasteiger partial charge >= 0.3 is 0 Å². The molecular weight excluding hydrogens is 144 g/mol. The van der Waals surface area contributed by atoms with Crippen molar-refractivity contribution < 1.29 is 4.79 Å². The molecule has 58 valence electrons. The SMILES string of the molecule is Cc1ccc(=O)[nH]c1C(N)=O. The van der Waals surface area contributed by atoms with E-state index < -0.39 is 5.91 Å². The van der Waals surface area contributed by atoms with E-state index >= 15 is 0 Å². The normalized spacial score (nSPS) is 9.55. The molecule has 0 spiro atoms. The van der Waals surface area contributed by atoms with Gasteiger partial charge in [-0.3, -0.25) is 9.59 Å². The average molecular weight is 152 g/mol. The summed E-state index contributed by atoms with van der Waals surface area (Å²) in [6, 6.07) is 2.90. The predicted molar refractivity (Wildman–Crippen MR) is 40.3 cm³/mol. The number of carbonyl (C=O) groups is 1. The molecule has 0 aliphatic heterocycles. The van der Waals surface area contributed by atoms with E-state index in [0.717, 1.165) is 0 Å². The standard InChI is InChI=1S/C7H8N2O2/c1-4-2-3-5(10)9-6(4)7(8)11/h2-3H,1H3,(H2,8,11)(H,9,10). The third kappa shape index (κ3) is 1.46. The van der Waals surface area contributed by atoms with Crippen molar-refractivity contribution in [3.05, 3.63) is 33.7 Å². The van der Waals surface area contributed by atoms with Crippen LogP contribution < -0.4 is 11.3 Å². The minimum absolute atomic E-state index is 0.178. The van der Waals surface area contributed by atoms with Gasteiger partial charge in [-0.1, -0.05) is 6.07 Å². The predicted octanol–water partition coefficient (Wildman–Crippen LogP) is -0.218. The second kappa shape index (κ2) is 2.57. The summed E-state index contributed by atoms with van der Waals surface area (Å²) >= 11 is 0. The lowest BCUT2D eigenvalue weighted by molar-refractivity contribution is 0.0994. The molecule has 1 amide bonds. The zero-order chi connectivity index (χ0) is 8.43. The van der Waals surface area contributed by atoms with Crippen molar-refractivity contribution in [1.82, 2.24) is 4.98 Å². The van der Waals surface area contributed by atoms with Crippen LogP contribution in [0.1, 0.15) is 16.1 Å². The van der Waals surface area contributed by atoms with Gasteiger partial charge in [0.25, 0.3) is 5.91 Å². The number of amides is 1. The lowest BCUT2D eigenvalue weighted by Crippen LogP contribution is -2.19. The first-order valence-corrected chi connectivity index (χ1v) is 3.11. The van der Waals surface area contributed by atoms with Gasteiger partial charge in [-0.15, -0.1) is 0 Å². The van der Waals surface area contributed by atoms with E-state index in [9.17, 15) is 9.59 Å². The van der Waals surface area contributed by atoms with Crippen molar-refractivity contribution in [2.24, 2.45) is 5.73 Å². The number of H-pyrrole nitrogens is 1. The fourth-order valence-electron chi connectivity index (χ4n) is 0.803. The van der Waals surface area contributed by atoms with Crippen LogP contribution in [0.2, 0.25) is 0 Å². The molecule has 0 bridgehead atoms. The Labute approximate surface area is 63.0 Å². The van der Waals surface area contributed by atoms with Gasteiger partial charge in [0.15, 0.2) is 0 Å². The summed E-state index contributed by atoms with van der Waals surface area (Å²) < 4.78 is 0. The third-order valence-corrected chi connectivity index (χ3v) is 1.37. The van der Waals surface area contributed by atoms with Crippen molar-refractivity contribution in [2.45, 2.75) is 6.92 Å². The van der Waals surface area contributed by atoms with Gasteiger partial charge in [0.05, 0.1) is 0 Å². The zero-order valence-electron chi connectivity index (χ0n) is 6.05. The quantitative estimate of drug-likeness (QED) is 0.583. The molecule has 0 saturated heterocycles. The lowest BCUT2D eigenvalue weighted by atomic mass is 10.2. The highest BCUT2D eigenvalue weighted by Gasteiger charge is 2.03. The number of pyridine rings is 1. The van der Waals surface area contributed by atoms with Gasteiger partial charge in [0, 0.05) is 6.07 Å². The highest BCUT2D eigenvalue weighted by Crippen LogP contribution is 1.97. The average Bonchev–Trinajstić information content (AvgIpc) is 1.94. The molecule has 0 fully saturated rings. The number of rotatable bonds is 1. The molecule has 0 aromatic carbocycles. The van der Waals surface area contributed by atoms with Crippen LogP contribution in [-0.2, 0) is 0 Å². The van der Waals surface area contributed by atoms with Crippen LogP contribution in [-0.4, -0.2) is 10.9 Å². The highest BCUT2D eigenvalue weighted by molar-refractivity contribution is 5.92. The fraction of sp³-hybridized carbons (Fsp3) is 0.143. The van der Waals surface area contributed by atoms with Crippen LogP contribution >= 0.6 is 0 Å². The topological polar surface area (TPSA) is 75.9 Å². The van der Waals surface area contributed by atoms with Crippen LogP contribution in [0.15, 0.2) is 16.9 Å². The van der Waals surface area contributed by atoms with E-state index in [1.165, 1.54) is 6.07 Å². The number of carbonyl (C=O) groups excluding carboxylic acids is 1. The summed E-state index contributed by atoms with van der Waals surface area (Å²) in [6.45, 7) is 1.70. The molecule has 1 rings (SSSR count). The van der Waals surface area contributed by atoms with Crippen LogP contribution in [0.25, 0.3) is 0 Å². The Hall–Kier alpha value is -1.58. The van der Waals surface area contributed by atoms with E-state index in [4.69, 9.17) is 5.73 Å². The smallest absolute Gasteiger partial charge is 0.265 e. The number of aromatic amines is 1. The number of hydrogen-bond acceptors (Lipinski definition) is 2. The molecule has 1 heterocycles. The molecule has 0 unspecified atom stereocenters.